The van der Waals surface area contributed by atoms with Crippen molar-refractivity contribution in [2.45, 2.75) is 38.8 Å². The molecule has 0 radical (unpaired) electrons. The van der Waals surface area contributed by atoms with Crippen molar-refractivity contribution in [2.75, 3.05) is 13.6 Å². The lowest BCUT2D eigenvalue weighted by atomic mass is 9.98. The molecule has 0 aliphatic carbocycles. The summed E-state index contributed by atoms with van der Waals surface area (Å²) in [5.74, 6) is -0.759. The Morgan fingerprint density at radius 3 is 2.45 bits per heavy atom. The van der Waals surface area contributed by atoms with E-state index in [1.807, 2.05) is 32.9 Å². The molecular weight excluding hydrogens is 419 g/mol. The van der Waals surface area contributed by atoms with E-state index in [0.29, 0.717) is 22.7 Å². The molecule has 6 nitrogen and oxygen atoms in total. The molecule has 31 heavy (non-hydrogen) atoms. The second-order valence-corrected chi connectivity index (χ2v) is 9.01. The van der Waals surface area contributed by atoms with E-state index >= 15 is 0 Å². The van der Waals surface area contributed by atoms with E-state index in [1.54, 1.807) is 37.4 Å². The minimum atomic E-state index is -0.427. The third-order valence-electron chi connectivity index (χ3n) is 4.81. The number of carbonyl (C=O) groups excluding carboxylic acids is 2. The normalized spacial score (nSPS) is 16.1. The highest BCUT2D eigenvalue weighted by molar-refractivity contribution is 6.30. The first-order valence-corrected chi connectivity index (χ1v) is 10.4. The molecule has 8 heteroatoms. The Morgan fingerprint density at radius 1 is 1.19 bits per heavy atom. The molecule has 0 unspecified atom stereocenters. The van der Waals surface area contributed by atoms with Crippen LogP contribution in [0.25, 0.3) is 0 Å². The van der Waals surface area contributed by atoms with E-state index in [9.17, 15) is 14.0 Å². The summed E-state index contributed by atoms with van der Waals surface area (Å²) in [5.41, 5.74) is 1.24. The number of urea groups is 1. The van der Waals surface area contributed by atoms with Crippen LogP contribution in [0.2, 0.25) is 5.02 Å². The van der Waals surface area contributed by atoms with Crippen molar-refractivity contribution >= 4 is 29.3 Å². The average molecular weight is 445 g/mol. The molecule has 2 aromatic carbocycles. The molecule has 0 aromatic heterocycles. The third-order valence-corrected chi connectivity index (χ3v) is 5.06. The van der Waals surface area contributed by atoms with Gasteiger partial charge in [0.25, 0.3) is 5.91 Å². The monoisotopic (exact) mass is 444 g/mol. The van der Waals surface area contributed by atoms with Gasteiger partial charge < -0.3 is 10.2 Å². The van der Waals surface area contributed by atoms with Crippen molar-refractivity contribution in [3.63, 3.8) is 0 Å². The first-order valence-electron chi connectivity index (χ1n) is 9.98. The van der Waals surface area contributed by atoms with Gasteiger partial charge in [-0.25, -0.2) is 14.2 Å². The summed E-state index contributed by atoms with van der Waals surface area (Å²) in [6.45, 7) is 5.42. The summed E-state index contributed by atoms with van der Waals surface area (Å²) in [5, 5.41) is 9.19. The Bertz CT molecular complexity index is 1000. The Labute approximate surface area is 186 Å². The quantitative estimate of drug-likeness (QED) is 0.749. The van der Waals surface area contributed by atoms with Crippen LogP contribution in [0.4, 0.5) is 9.18 Å². The highest BCUT2D eigenvalue weighted by atomic mass is 35.5. The average Bonchev–Trinajstić information content (AvgIpc) is 3.13. The standard InChI is InChI=1S/C23H26ClFN4O2/c1-23(2,3)26-22(31)28(4)14-21(30)29-20(15-9-11-16(24)12-10-15)13-19(27-29)17-7-5-6-8-18(17)25/h5-12,20H,13-14H2,1-4H3,(H,26,31)/t20-/m0/s1. The molecule has 1 N–H and O–H groups in total. The molecule has 0 saturated carbocycles. The number of halogens is 2. The number of carbonyl (C=O) groups is 2. The fourth-order valence-electron chi connectivity index (χ4n) is 3.31. The number of hydrogen-bond donors (Lipinski definition) is 1. The number of likely N-dealkylation sites (N-methyl/N-ethyl adjacent to an activating group) is 1. The topological polar surface area (TPSA) is 65.0 Å². The van der Waals surface area contributed by atoms with Crippen molar-refractivity contribution in [1.82, 2.24) is 15.2 Å². The molecule has 164 valence electrons. The number of benzene rings is 2. The van der Waals surface area contributed by atoms with Crippen LogP contribution in [0.5, 0.6) is 0 Å². The van der Waals surface area contributed by atoms with Gasteiger partial charge in [-0.1, -0.05) is 41.9 Å². The third kappa shape index (κ3) is 5.61. The van der Waals surface area contributed by atoms with Gasteiger partial charge in [0.2, 0.25) is 0 Å². The molecule has 3 rings (SSSR count). The van der Waals surface area contributed by atoms with E-state index < -0.39 is 17.4 Å². The van der Waals surface area contributed by atoms with Crippen molar-refractivity contribution < 1.29 is 14.0 Å². The van der Waals surface area contributed by atoms with Gasteiger partial charge in [0.1, 0.15) is 12.4 Å². The first-order chi connectivity index (χ1) is 14.5. The lowest BCUT2D eigenvalue weighted by Crippen LogP contribution is -2.49. The van der Waals surface area contributed by atoms with Gasteiger partial charge in [-0.05, 0) is 44.5 Å². The summed E-state index contributed by atoms with van der Waals surface area (Å²) in [4.78, 5) is 26.8. The molecule has 0 saturated heterocycles. The molecule has 1 aliphatic heterocycles. The van der Waals surface area contributed by atoms with Gasteiger partial charge in [-0.2, -0.15) is 5.10 Å². The van der Waals surface area contributed by atoms with Crippen molar-refractivity contribution in [3.05, 3.63) is 70.5 Å². The molecule has 3 amide bonds. The minimum Gasteiger partial charge on any atom is -0.333 e. The lowest BCUT2D eigenvalue weighted by molar-refractivity contribution is -0.133. The predicted molar refractivity (Wildman–Crippen MR) is 120 cm³/mol. The summed E-state index contributed by atoms with van der Waals surface area (Å²) >= 11 is 6.01. The van der Waals surface area contributed by atoms with Crippen LogP contribution >= 0.6 is 11.6 Å². The summed E-state index contributed by atoms with van der Waals surface area (Å²) in [6, 6.07) is 12.7. The van der Waals surface area contributed by atoms with E-state index in [1.165, 1.54) is 16.0 Å². The summed E-state index contributed by atoms with van der Waals surface area (Å²) in [6.07, 6.45) is 0.353. The van der Waals surface area contributed by atoms with Gasteiger partial charge in [-0.15, -0.1) is 0 Å². The molecule has 1 heterocycles. The van der Waals surface area contributed by atoms with Crippen molar-refractivity contribution in [3.8, 4) is 0 Å². The zero-order valence-corrected chi connectivity index (χ0v) is 18.8. The van der Waals surface area contributed by atoms with Crippen LogP contribution in [-0.2, 0) is 4.79 Å². The van der Waals surface area contributed by atoms with E-state index in [4.69, 9.17) is 11.6 Å². The van der Waals surface area contributed by atoms with Crippen LogP contribution < -0.4 is 5.32 Å². The Kier molecular flexibility index (Phi) is 6.65. The van der Waals surface area contributed by atoms with Crippen LogP contribution in [0.3, 0.4) is 0 Å². The van der Waals surface area contributed by atoms with Crippen LogP contribution in [0.15, 0.2) is 53.6 Å². The molecule has 0 bridgehead atoms. The maximum absolute atomic E-state index is 14.4. The van der Waals surface area contributed by atoms with Gasteiger partial charge in [0.05, 0.1) is 11.8 Å². The van der Waals surface area contributed by atoms with Gasteiger partial charge in [0.15, 0.2) is 0 Å². The lowest BCUT2D eigenvalue weighted by Gasteiger charge is -2.27. The van der Waals surface area contributed by atoms with Gasteiger partial charge >= 0.3 is 6.03 Å². The highest BCUT2D eigenvalue weighted by Gasteiger charge is 2.34. The van der Waals surface area contributed by atoms with Gasteiger partial charge in [0, 0.05) is 29.6 Å². The van der Waals surface area contributed by atoms with Crippen molar-refractivity contribution in [1.29, 1.82) is 0 Å². The van der Waals surface area contributed by atoms with Crippen molar-refractivity contribution in [2.24, 2.45) is 5.10 Å². The Morgan fingerprint density at radius 2 is 1.84 bits per heavy atom. The fourth-order valence-corrected chi connectivity index (χ4v) is 3.43. The van der Waals surface area contributed by atoms with E-state index in [2.05, 4.69) is 10.4 Å². The summed E-state index contributed by atoms with van der Waals surface area (Å²) < 4.78 is 14.4. The second kappa shape index (κ2) is 9.06. The SMILES string of the molecule is CN(CC(=O)N1N=C(c2ccccc2F)C[C@H]1c1ccc(Cl)cc1)C(=O)NC(C)(C)C. The molecular formula is C23H26ClFN4O2. The Hall–Kier alpha value is -2.93. The van der Waals surface area contributed by atoms with Crippen LogP contribution in [0, 0.1) is 5.82 Å². The number of nitrogens with one attached hydrogen (secondary N) is 1. The predicted octanol–water partition coefficient (Wildman–Crippen LogP) is 4.60. The molecule has 0 spiro atoms. The zero-order valence-electron chi connectivity index (χ0n) is 18.0. The number of rotatable bonds is 4. The molecule has 0 fully saturated rings. The smallest absolute Gasteiger partial charge is 0.318 e. The molecule has 1 atom stereocenters. The fraction of sp³-hybridized carbons (Fsp3) is 0.348. The van der Waals surface area contributed by atoms with E-state index in [0.717, 1.165) is 5.56 Å². The first kappa shape index (κ1) is 22.7. The second-order valence-electron chi connectivity index (χ2n) is 8.57. The highest BCUT2D eigenvalue weighted by Crippen LogP contribution is 2.34. The van der Waals surface area contributed by atoms with Crippen LogP contribution in [-0.4, -0.2) is 46.7 Å². The minimum absolute atomic E-state index is 0.167. The number of hydrazone groups is 1. The Balaban J connectivity index is 1.86. The maximum atomic E-state index is 14.4. The van der Waals surface area contributed by atoms with Crippen LogP contribution in [0.1, 0.15) is 44.4 Å². The van der Waals surface area contributed by atoms with Gasteiger partial charge in [-0.3, -0.25) is 4.79 Å². The van der Waals surface area contributed by atoms with E-state index in [-0.39, 0.29) is 18.5 Å². The molecule has 1 aliphatic rings. The largest absolute Gasteiger partial charge is 0.333 e. The number of nitrogens with zero attached hydrogens (tertiary/aromatic N) is 3. The zero-order chi connectivity index (χ0) is 22.8. The number of hydrogen-bond acceptors (Lipinski definition) is 3. The maximum Gasteiger partial charge on any atom is 0.318 e. The summed E-state index contributed by atoms with van der Waals surface area (Å²) in [7, 11) is 1.55. The molecule has 2 aromatic rings. The number of amides is 3.